The fraction of sp³-hybridized carbons (Fsp3) is 0.667. The van der Waals surface area contributed by atoms with E-state index in [0.29, 0.717) is 29.3 Å². The summed E-state index contributed by atoms with van der Waals surface area (Å²) in [6.45, 7) is 11.1. The first-order valence-electron chi connectivity index (χ1n) is 10.7. The summed E-state index contributed by atoms with van der Waals surface area (Å²) >= 11 is 5.43. The molecule has 7 heteroatoms. The van der Waals surface area contributed by atoms with Gasteiger partial charge in [-0.25, -0.2) is 0 Å². The molecule has 1 aromatic rings. The number of hydrogen-bond acceptors (Lipinski definition) is 4. The van der Waals surface area contributed by atoms with Crippen LogP contribution >= 0.6 is 20.6 Å². The Labute approximate surface area is 177 Å². The maximum Gasteiger partial charge on any atom is 0.170 e. The fourth-order valence-corrected chi connectivity index (χ4v) is 7.58. The van der Waals surface area contributed by atoms with Gasteiger partial charge in [0.15, 0.2) is 5.11 Å². The highest BCUT2D eigenvalue weighted by atomic mass is 32.1. The van der Waals surface area contributed by atoms with Gasteiger partial charge in [0.2, 0.25) is 0 Å². The average Bonchev–Trinajstić information content (AvgIpc) is 3.00. The van der Waals surface area contributed by atoms with Gasteiger partial charge in [0.25, 0.3) is 0 Å². The molecule has 0 bridgehead atoms. The van der Waals surface area contributed by atoms with Crippen molar-refractivity contribution in [2.24, 2.45) is 0 Å². The minimum absolute atomic E-state index is 0.467. The van der Waals surface area contributed by atoms with Crippen LogP contribution in [0.4, 0.5) is 5.69 Å². The summed E-state index contributed by atoms with van der Waals surface area (Å²) in [5.41, 5.74) is 1.02. The standard InChI is InChI=1S/C21H36N5PS/c1-16(2)25-19-12-8-9-13-20(19)26(17(3)4)27(25)23-15-14-22-21(28)24-18-10-6-5-7-11-18/h5-7,10-11,16-17,19-20,23H,8-9,12-15H2,1-4H3,(H2,22,24,28)/t19-,20-/m1/s1. The van der Waals surface area contributed by atoms with E-state index in [1.54, 1.807) is 0 Å². The number of benzene rings is 1. The Morgan fingerprint density at radius 1 is 1.00 bits per heavy atom. The van der Waals surface area contributed by atoms with Gasteiger partial charge < -0.3 is 10.6 Å². The minimum atomic E-state index is -0.467. The Morgan fingerprint density at radius 3 is 2.11 bits per heavy atom. The quantitative estimate of drug-likeness (QED) is 0.341. The highest BCUT2D eigenvalue weighted by molar-refractivity contribution is 7.80. The molecule has 0 aromatic heterocycles. The molecule has 0 amide bonds. The monoisotopic (exact) mass is 421 g/mol. The number of rotatable bonds is 7. The number of anilines is 1. The van der Waals surface area contributed by atoms with Gasteiger partial charge in [-0.1, -0.05) is 31.0 Å². The Morgan fingerprint density at radius 2 is 1.57 bits per heavy atom. The highest BCUT2D eigenvalue weighted by Gasteiger charge is 2.49. The van der Waals surface area contributed by atoms with Crippen LogP contribution in [0.5, 0.6) is 0 Å². The molecule has 3 rings (SSSR count). The van der Waals surface area contributed by atoms with E-state index in [0.717, 1.165) is 18.8 Å². The molecule has 0 radical (unpaired) electrons. The van der Waals surface area contributed by atoms with Gasteiger partial charge in [-0.3, -0.25) is 14.4 Å². The van der Waals surface area contributed by atoms with E-state index in [4.69, 9.17) is 12.2 Å². The van der Waals surface area contributed by atoms with Crippen molar-refractivity contribution in [1.29, 1.82) is 0 Å². The molecule has 3 N–H and O–H groups in total. The van der Waals surface area contributed by atoms with Crippen LogP contribution in [-0.4, -0.2) is 51.7 Å². The second kappa shape index (κ2) is 10.3. The molecule has 1 heterocycles. The largest absolute Gasteiger partial charge is 0.361 e. The predicted molar refractivity (Wildman–Crippen MR) is 126 cm³/mol. The third kappa shape index (κ3) is 5.22. The molecule has 1 aliphatic carbocycles. The zero-order chi connectivity index (χ0) is 20.1. The van der Waals surface area contributed by atoms with Crippen molar-refractivity contribution in [3.05, 3.63) is 30.3 Å². The second-order valence-electron chi connectivity index (χ2n) is 8.31. The van der Waals surface area contributed by atoms with Crippen molar-refractivity contribution in [3.8, 4) is 0 Å². The van der Waals surface area contributed by atoms with Gasteiger partial charge in [0.05, 0.1) is 0 Å². The zero-order valence-electron chi connectivity index (χ0n) is 17.7. The Bertz CT molecular complexity index is 602. The first kappa shape index (κ1) is 21.9. The number of hydrogen-bond donors (Lipinski definition) is 3. The first-order valence-corrected chi connectivity index (χ1v) is 12.3. The zero-order valence-corrected chi connectivity index (χ0v) is 19.4. The topological polar surface area (TPSA) is 42.6 Å². The van der Waals surface area contributed by atoms with E-state index in [1.165, 1.54) is 25.7 Å². The van der Waals surface area contributed by atoms with Crippen LogP contribution in [-0.2, 0) is 0 Å². The van der Waals surface area contributed by atoms with Gasteiger partial charge >= 0.3 is 0 Å². The lowest BCUT2D eigenvalue weighted by atomic mass is 9.89. The summed E-state index contributed by atoms with van der Waals surface area (Å²) in [5.74, 6) is 0. The molecule has 28 heavy (non-hydrogen) atoms. The predicted octanol–water partition coefficient (Wildman–Crippen LogP) is 4.54. The van der Waals surface area contributed by atoms with Gasteiger partial charge in [-0.05, 0) is 64.9 Å². The third-order valence-corrected chi connectivity index (χ3v) is 8.71. The SMILES string of the molecule is CC(C)N1[C@@H]2CCCC[C@H]2N(C(C)C)P1NCCNC(=S)Nc1ccccc1. The van der Waals surface area contributed by atoms with Crippen molar-refractivity contribution in [1.82, 2.24) is 19.7 Å². The molecule has 1 saturated heterocycles. The smallest absolute Gasteiger partial charge is 0.170 e. The number of para-hydroxylation sites is 1. The van der Waals surface area contributed by atoms with Crippen LogP contribution in [0.25, 0.3) is 0 Å². The summed E-state index contributed by atoms with van der Waals surface area (Å²) < 4.78 is 5.55. The van der Waals surface area contributed by atoms with Crippen LogP contribution < -0.4 is 15.7 Å². The molecule has 0 unspecified atom stereocenters. The Hall–Kier alpha value is -0.780. The number of fused-ring (bicyclic) bond motifs is 1. The third-order valence-electron chi connectivity index (χ3n) is 5.56. The van der Waals surface area contributed by atoms with Crippen molar-refractivity contribution in [3.63, 3.8) is 0 Å². The summed E-state index contributed by atoms with van der Waals surface area (Å²) in [7, 11) is -0.467. The first-order chi connectivity index (χ1) is 13.5. The van der Waals surface area contributed by atoms with Crippen LogP contribution in [0.3, 0.4) is 0 Å². The van der Waals surface area contributed by atoms with Crippen LogP contribution in [0, 0.1) is 0 Å². The maximum atomic E-state index is 5.43. The normalized spacial score (nSPS) is 23.9. The van der Waals surface area contributed by atoms with Crippen molar-refractivity contribution >= 4 is 31.4 Å². The molecule has 0 spiro atoms. The Kier molecular flexibility index (Phi) is 8.07. The van der Waals surface area contributed by atoms with Crippen LogP contribution in [0.2, 0.25) is 0 Å². The van der Waals surface area contributed by atoms with E-state index in [9.17, 15) is 0 Å². The molecule has 156 valence electrons. The van der Waals surface area contributed by atoms with Crippen molar-refractivity contribution in [2.75, 3.05) is 18.4 Å². The van der Waals surface area contributed by atoms with Gasteiger partial charge in [-0.2, -0.15) is 0 Å². The van der Waals surface area contributed by atoms with Gasteiger partial charge in [-0.15, -0.1) is 0 Å². The number of thiocarbonyl (C=S) groups is 1. The van der Waals surface area contributed by atoms with Crippen molar-refractivity contribution < 1.29 is 0 Å². The molecular weight excluding hydrogens is 385 g/mol. The van der Waals surface area contributed by atoms with Gasteiger partial charge in [0.1, 0.15) is 8.37 Å². The Balaban J connectivity index is 1.54. The van der Waals surface area contributed by atoms with Gasteiger partial charge in [0, 0.05) is 42.9 Å². The molecule has 1 aromatic carbocycles. The lowest BCUT2D eigenvalue weighted by molar-refractivity contribution is 0.173. The highest BCUT2D eigenvalue weighted by Crippen LogP contribution is 2.56. The molecule has 2 atom stereocenters. The van der Waals surface area contributed by atoms with E-state index in [2.05, 4.69) is 52.8 Å². The summed E-state index contributed by atoms with van der Waals surface area (Å²) in [6.07, 6.45) is 5.44. The average molecular weight is 422 g/mol. The minimum Gasteiger partial charge on any atom is -0.361 e. The van der Waals surface area contributed by atoms with Crippen molar-refractivity contribution in [2.45, 2.75) is 77.5 Å². The van der Waals surface area contributed by atoms with E-state index in [1.807, 2.05) is 30.3 Å². The lowest BCUT2D eigenvalue weighted by Gasteiger charge is -2.36. The number of nitrogens with one attached hydrogen (secondary N) is 3. The molecule has 5 nitrogen and oxygen atoms in total. The lowest BCUT2D eigenvalue weighted by Crippen LogP contribution is -2.43. The second-order valence-corrected chi connectivity index (χ2v) is 10.5. The van der Waals surface area contributed by atoms with E-state index in [-0.39, 0.29) is 0 Å². The molecule has 2 fully saturated rings. The van der Waals surface area contributed by atoms with E-state index >= 15 is 0 Å². The molecular formula is C21H36N5PS. The molecule has 1 saturated carbocycles. The maximum absolute atomic E-state index is 5.43. The molecule has 2 aliphatic rings. The summed E-state index contributed by atoms with van der Waals surface area (Å²) in [6, 6.07) is 12.6. The summed E-state index contributed by atoms with van der Waals surface area (Å²) in [5, 5.41) is 11.1. The fourth-order valence-electron chi connectivity index (χ4n) is 4.50. The van der Waals surface area contributed by atoms with Crippen LogP contribution in [0.1, 0.15) is 53.4 Å². The van der Waals surface area contributed by atoms with Crippen LogP contribution in [0.15, 0.2) is 30.3 Å². The number of nitrogens with zero attached hydrogens (tertiary/aromatic N) is 2. The van der Waals surface area contributed by atoms with E-state index < -0.39 is 8.37 Å². The molecule has 1 aliphatic heterocycles. The summed E-state index contributed by atoms with van der Waals surface area (Å²) in [4.78, 5) is 0.